The summed E-state index contributed by atoms with van der Waals surface area (Å²) >= 11 is 0. The third-order valence-corrected chi connectivity index (χ3v) is 12.3. The van der Waals surface area contributed by atoms with Crippen LogP contribution in [0.1, 0.15) is 62.6 Å². The number of aromatic nitrogens is 2. The van der Waals surface area contributed by atoms with E-state index < -0.39 is 127 Å². The fourth-order valence-corrected chi connectivity index (χ4v) is 7.98. The second-order valence-corrected chi connectivity index (χ2v) is 17.7. The Morgan fingerprint density at radius 3 is 1.52 bits per heavy atom. The van der Waals surface area contributed by atoms with Crippen LogP contribution < -0.4 is 37.6 Å². The van der Waals surface area contributed by atoms with E-state index in [-0.39, 0.29) is 31.4 Å². The molecule has 2 aromatic heterocycles. The third kappa shape index (κ3) is 15.8. The van der Waals surface area contributed by atoms with E-state index in [1.54, 1.807) is 74.8 Å². The van der Waals surface area contributed by atoms with E-state index in [0.29, 0.717) is 34.0 Å². The van der Waals surface area contributed by atoms with Crippen molar-refractivity contribution in [3.8, 4) is 5.75 Å². The lowest BCUT2D eigenvalue weighted by molar-refractivity contribution is -0.142. The molecule has 0 saturated heterocycles. The highest BCUT2D eigenvalue weighted by Gasteiger charge is 2.35. The predicted molar refractivity (Wildman–Crippen MR) is 263 cm³/mol. The minimum atomic E-state index is -1.73. The summed E-state index contributed by atoms with van der Waals surface area (Å²) in [6, 6.07) is 9.07. The number of nitrogens with two attached hydrogens (primary N) is 1. The zero-order valence-corrected chi connectivity index (χ0v) is 40.1. The first-order chi connectivity index (χ1) is 34.8. The topological polar surface area (TPSA) is 385 Å². The van der Waals surface area contributed by atoms with Gasteiger partial charge in [-0.3, -0.25) is 38.4 Å². The summed E-state index contributed by atoms with van der Waals surface area (Å²) in [5.41, 5.74) is 8.79. The number of rotatable bonds is 28. The molecule has 2 heterocycles. The highest BCUT2D eigenvalue weighted by atomic mass is 16.4. The van der Waals surface area contributed by atoms with Gasteiger partial charge in [0.15, 0.2) is 0 Å². The molecule has 5 rings (SSSR count). The van der Waals surface area contributed by atoms with Crippen LogP contribution in [-0.4, -0.2) is 138 Å². The first kappa shape index (κ1) is 55.6. The van der Waals surface area contributed by atoms with Crippen molar-refractivity contribution in [2.45, 2.75) is 108 Å². The average molecular weight is 1010 g/mol. The molecule has 8 unspecified atom stereocenters. The van der Waals surface area contributed by atoms with Gasteiger partial charge in [0.1, 0.15) is 42.0 Å². The average Bonchev–Trinajstić information content (AvgIpc) is 3.98. The number of aliphatic carboxylic acids is 3. The van der Waals surface area contributed by atoms with Crippen molar-refractivity contribution in [2.24, 2.45) is 11.7 Å². The van der Waals surface area contributed by atoms with Crippen LogP contribution in [0.15, 0.2) is 85.2 Å². The summed E-state index contributed by atoms with van der Waals surface area (Å²) < 4.78 is 0. The predicted octanol–water partition coefficient (Wildman–Crippen LogP) is 0.471. The number of nitrogens with one attached hydrogen (secondary N) is 8. The van der Waals surface area contributed by atoms with E-state index in [0.717, 1.165) is 10.9 Å². The Labute approximate surface area is 418 Å². The first-order valence-corrected chi connectivity index (χ1v) is 23.5. The Morgan fingerprint density at radius 1 is 0.548 bits per heavy atom. The molecule has 15 N–H and O–H groups in total. The van der Waals surface area contributed by atoms with Crippen LogP contribution in [0.2, 0.25) is 0 Å². The molecule has 0 spiro atoms. The van der Waals surface area contributed by atoms with Gasteiger partial charge in [0.05, 0.1) is 12.6 Å². The quantitative estimate of drug-likeness (QED) is 0.0324. The molecule has 0 bridgehead atoms. The van der Waals surface area contributed by atoms with Gasteiger partial charge in [-0.25, -0.2) is 4.79 Å². The maximum absolute atomic E-state index is 14.7. The summed E-state index contributed by atoms with van der Waals surface area (Å²) in [6.07, 6.45) is 1.03. The summed E-state index contributed by atoms with van der Waals surface area (Å²) in [7, 11) is 0. The van der Waals surface area contributed by atoms with Crippen molar-refractivity contribution in [3.05, 3.63) is 102 Å². The van der Waals surface area contributed by atoms with Crippen LogP contribution in [0.3, 0.4) is 0 Å². The summed E-state index contributed by atoms with van der Waals surface area (Å²) in [5, 5.41) is 65.5. The van der Waals surface area contributed by atoms with Gasteiger partial charge >= 0.3 is 17.9 Å². The molecule has 6 amide bonds. The van der Waals surface area contributed by atoms with Crippen LogP contribution in [-0.2, 0) is 62.4 Å². The summed E-state index contributed by atoms with van der Waals surface area (Å²) in [6.45, 7) is 2.35. The maximum atomic E-state index is 14.7. The number of aromatic amines is 2. The van der Waals surface area contributed by atoms with Gasteiger partial charge in [-0.05, 0) is 59.7 Å². The number of aromatic hydroxyl groups is 1. The second kappa shape index (κ2) is 26.2. The van der Waals surface area contributed by atoms with Crippen LogP contribution in [0.4, 0.5) is 0 Å². The minimum Gasteiger partial charge on any atom is -0.508 e. The highest BCUT2D eigenvalue weighted by Crippen LogP contribution is 2.22. The Hall–Kier alpha value is -8.31. The number of phenolic OH excluding ortho intramolecular Hbond substituents is 1. The van der Waals surface area contributed by atoms with Crippen molar-refractivity contribution in [2.75, 3.05) is 6.61 Å². The lowest BCUT2D eigenvalue weighted by Gasteiger charge is -2.29. The van der Waals surface area contributed by atoms with Gasteiger partial charge in [0, 0.05) is 66.3 Å². The molecule has 8 atom stereocenters. The molecule has 3 aromatic carbocycles. The van der Waals surface area contributed by atoms with Gasteiger partial charge in [-0.15, -0.1) is 0 Å². The highest BCUT2D eigenvalue weighted by molar-refractivity contribution is 5.98. The summed E-state index contributed by atoms with van der Waals surface area (Å²) in [5.74, 6) is -10.5. The fourth-order valence-electron chi connectivity index (χ4n) is 7.98. The number of fused-ring (bicyclic) bond motifs is 2. The molecular formula is C50H61N9O14. The van der Waals surface area contributed by atoms with Crippen molar-refractivity contribution in [1.82, 2.24) is 41.9 Å². The van der Waals surface area contributed by atoms with E-state index in [1.807, 2.05) is 0 Å². The first-order valence-electron chi connectivity index (χ1n) is 23.5. The van der Waals surface area contributed by atoms with Crippen molar-refractivity contribution in [1.29, 1.82) is 0 Å². The van der Waals surface area contributed by atoms with Crippen molar-refractivity contribution >= 4 is 75.2 Å². The van der Waals surface area contributed by atoms with Gasteiger partial charge in [0.25, 0.3) is 0 Å². The number of para-hydroxylation sites is 2. The lowest BCUT2D eigenvalue weighted by Crippen LogP contribution is -2.61. The Morgan fingerprint density at radius 2 is 1.00 bits per heavy atom. The number of carbonyl (C=O) groups excluding carboxylic acids is 6. The van der Waals surface area contributed by atoms with Gasteiger partial charge < -0.3 is 73.1 Å². The standard InChI is InChI=1S/C50H61N9O14/c1-3-26(2)43(59-44(66)33(51)16-18-41(62)63)49(71)54-36(17-19-42(64)65)45(67)56-38(21-28-23-52-34-10-6-4-8-31(28)34)47(69)55-37(20-27-12-14-30(61)15-13-27)46(68)58-40(25-60)48(70)57-39(50(72)73)22-29-24-53-35-11-7-5-9-32(29)35/h4-15,23-24,26,33,36-40,43,52-53,60-61H,3,16-22,25,51H2,1-2H3,(H,54,71)(H,55,69)(H,56,67)(H,57,70)(H,58,68)(H,59,66)(H,62,63)(H,64,65)(H,72,73). The van der Waals surface area contributed by atoms with E-state index >= 15 is 0 Å². The maximum Gasteiger partial charge on any atom is 0.326 e. The molecule has 5 aromatic rings. The van der Waals surface area contributed by atoms with Crippen molar-refractivity contribution in [3.63, 3.8) is 0 Å². The molecule has 73 heavy (non-hydrogen) atoms. The molecule has 23 heteroatoms. The fraction of sp³-hybridized carbons (Fsp3) is 0.380. The molecule has 390 valence electrons. The summed E-state index contributed by atoms with van der Waals surface area (Å²) in [4.78, 5) is 125. The number of hydrogen-bond acceptors (Lipinski definition) is 12. The number of amides is 6. The van der Waals surface area contributed by atoms with E-state index in [1.165, 1.54) is 24.3 Å². The van der Waals surface area contributed by atoms with Crippen LogP contribution >= 0.6 is 0 Å². The van der Waals surface area contributed by atoms with E-state index in [9.17, 15) is 63.6 Å². The number of H-pyrrole nitrogens is 2. The number of aliphatic hydroxyl groups is 1. The van der Waals surface area contributed by atoms with Gasteiger partial charge in [0.2, 0.25) is 35.4 Å². The molecular weight excluding hydrogens is 951 g/mol. The molecule has 0 aliphatic heterocycles. The number of carboxylic acid groups (broad SMARTS) is 3. The Balaban J connectivity index is 1.42. The smallest absolute Gasteiger partial charge is 0.326 e. The lowest BCUT2D eigenvalue weighted by atomic mass is 9.96. The number of aliphatic hydroxyl groups excluding tert-OH is 1. The molecule has 0 aliphatic rings. The SMILES string of the molecule is CCC(C)C(NC(=O)C(N)CCC(=O)O)C(=O)NC(CCC(=O)O)C(=O)NC(Cc1c[nH]c2ccccc12)C(=O)NC(Cc1ccc(O)cc1)C(=O)NC(CO)C(=O)NC(Cc1c[nH]c2ccccc12)C(=O)O. The number of carbonyl (C=O) groups is 9. The van der Waals surface area contributed by atoms with Crippen molar-refractivity contribution < 1.29 is 68.7 Å². The number of hydrogen-bond donors (Lipinski definition) is 14. The molecule has 23 nitrogen and oxygen atoms in total. The zero-order chi connectivity index (χ0) is 53.4. The van der Waals surface area contributed by atoms with E-state index in [4.69, 9.17) is 10.8 Å². The minimum absolute atomic E-state index is 0.116. The molecule has 0 fully saturated rings. The van der Waals surface area contributed by atoms with Crippen LogP contribution in [0, 0.1) is 5.92 Å². The zero-order valence-electron chi connectivity index (χ0n) is 40.1. The van der Waals surface area contributed by atoms with Gasteiger partial charge in [-0.1, -0.05) is 68.8 Å². The third-order valence-electron chi connectivity index (χ3n) is 12.3. The Bertz CT molecular complexity index is 2780. The number of benzene rings is 3. The molecule has 0 aliphatic carbocycles. The van der Waals surface area contributed by atoms with E-state index in [2.05, 4.69) is 41.9 Å². The number of carboxylic acids is 3. The Kier molecular flexibility index (Phi) is 20.0. The number of phenols is 1. The van der Waals surface area contributed by atoms with Gasteiger partial charge in [-0.2, -0.15) is 0 Å². The molecule has 0 radical (unpaired) electrons. The normalized spacial score (nSPS) is 14.5. The largest absolute Gasteiger partial charge is 0.508 e. The monoisotopic (exact) mass is 1010 g/mol. The van der Waals surface area contributed by atoms with Crippen LogP contribution in [0.5, 0.6) is 5.75 Å². The molecule has 0 saturated carbocycles. The second-order valence-electron chi connectivity index (χ2n) is 17.7. The van der Waals surface area contributed by atoms with Crippen LogP contribution in [0.25, 0.3) is 21.8 Å².